The van der Waals surface area contributed by atoms with Gasteiger partial charge in [-0.25, -0.2) is 0 Å². The van der Waals surface area contributed by atoms with Gasteiger partial charge in [-0.15, -0.1) is 0 Å². The van der Waals surface area contributed by atoms with Crippen molar-refractivity contribution in [1.29, 1.82) is 0 Å². The number of halogens is 3. The molecule has 0 spiro atoms. The zero-order valence-electron chi connectivity index (χ0n) is 27.1. The van der Waals surface area contributed by atoms with Crippen LogP contribution in [0.1, 0.15) is 62.6 Å². The predicted molar refractivity (Wildman–Crippen MR) is 174 cm³/mol. The average molecular weight is 673 g/mol. The first-order valence-electron chi connectivity index (χ1n) is 16.4. The van der Waals surface area contributed by atoms with Gasteiger partial charge in [-0.1, -0.05) is 18.2 Å². The average Bonchev–Trinajstić information content (AvgIpc) is 3.67. The van der Waals surface area contributed by atoms with Crippen molar-refractivity contribution in [2.24, 2.45) is 29.0 Å². The summed E-state index contributed by atoms with van der Waals surface area (Å²) in [6.45, 7) is 4.52. The third kappa shape index (κ3) is 7.40. The van der Waals surface area contributed by atoms with Crippen LogP contribution in [0.2, 0.25) is 0 Å². The zero-order valence-corrected chi connectivity index (χ0v) is 27.1. The van der Waals surface area contributed by atoms with Crippen LogP contribution in [0, 0.1) is 11.8 Å². The Morgan fingerprint density at radius 1 is 1.02 bits per heavy atom. The van der Waals surface area contributed by atoms with Crippen molar-refractivity contribution in [3.8, 4) is 0 Å². The molecule has 0 aromatic heterocycles. The summed E-state index contributed by atoms with van der Waals surface area (Å²) in [6.07, 6.45) is -2.44. The van der Waals surface area contributed by atoms with E-state index in [0.29, 0.717) is 29.8 Å². The maximum Gasteiger partial charge on any atom is 0.492 e. The highest BCUT2D eigenvalue weighted by molar-refractivity contribution is 6.62. The van der Waals surface area contributed by atoms with Gasteiger partial charge in [0.25, 0.3) is 0 Å². The summed E-state index contributed by atoms with van der Waals surface area (Å²) in [5.41, 5.74) is 18.9. The number of nitrogens with zero attached hydrogens (tertiary/aromatic N) is 1. The molecule has 48 heavy (non-hydrogen) atoms. The minimum atomic E-state index is -4.48. The largest absolute Gasteiger partial charge is 0.492 e. The first kappa shape index (κ1) is 35.8. The molecule has 2 aromatic rings. The predicted octanol–water partition coefficient (Wildman–Crippen LogP) is 1.34. The molecule has 3 aliphatic heterocycles. The number of benzene rings is 2. The lowest BCUT2D eigenvalue weighted by Gasteiger charge is -2.25. The van der Waals surface area contributed by atoms with Crippen molar-refractivity contribution in [2.45, 2.75) is 88.3 Å². The molecule has 9 N–H and O–H groups in total. The molecule has 3 aliphatic rings. The molecule has 260 valence electrons. The molecule has 0 aliphatic carbocycles. The van der Waals surface area contributed by atoms with E-state index in [0.717, 1.165) is 30.5 Å². The zero-order chi connectivity index (χ0) is 35.0. The molecule has 3 unspecified atom stereocenters. The lowest BCUT2D eigenvalue weighted by Crippen LogP contribution is -2.50. The van der Waals surface area contributed by atoms with E-state index in [4.69, 9.17) is 21.9 Å². The molecule has 0 saturated carbocycles. The number of hydrogen-bond donors (Lipinski definition) is 6. The Morgan fingerprint density at radius 2 is 1.65 bits per heavy atom. The number of fused-ring (bicyclic) bond motifs is 3. The number of alkyl halides is 3. The number of carbonyl (C=O) groups is 3. The maximum atomic E-state index is 13.5. The summed E-state index contributed by atoms with van der Waals surface area (Å²) < 4.78 is 44.8. The van der Waals surface area contributed by atoms with E-state index in [1.54, 1.807) is 18.2 Å². The lowest BCUT2D eigenvalue weighted by molar-refractivity contribution is -0.137. The normalized spacial score (nSPS) is 23.9. The number of anilines is 1. The van der Waals surface area contributed by atoms with Gasteiger partial charge in [-0.05, 0) is 112 Å². The lowest BCUT2D eigenvalue weighted by atomic mass is 9.78. The molecule has 2 fully saturated rings. The summed E-state index contributed by atoms with van der Waals surface area (Å²) in [6, 6.07) is 7.43. The van der Waals surface area contributed by atoms with Crippen molar-refractivity contribution < 1.29 is 37.2 Å². The van der Waals surface area contributed by atoms with Crippen LogP contribution in [0.3, 0.4) is 0 Å². The molecule has 2 saturated heterocycles. The Morgan fingerprint density at radius 3 is 2.23 bits per heavy atom. The van der Waals surface area contributed by atoms with Crippen LogP contribution in [0.5, 0.6) is 0 Å². The second-order valence-electron chi connectivity index (χ2n) is 13.5. The number of nitrogens with one attached hydrogen (secondary N) is 2. The van der Waals surface area contributed by atoms with Gasteiger partial charge in [0, 0.05) is 24.2 Å². The minimum Gasteiger partial charge on any atom is -0.423 e. The molecule has 2 bridgehead atoms. The van der Waals surface area contributed by atoms with Gasteiger partial charge in [0.05, 0.1) is 17.2 Å². The van der Waals surface area contributed by atoms with Gasteiger partial charge >= 0.3 is 13.3 Å². The minimum absolute atomic E-state index is 0.0299. The Kier molecular flexibility index (Phi) is 10.6. The molecule has 3 heterocycles. The molecule has 6 atom stereocenters. The summed E-state index contributed by atoms with van der Waals surface area (Å²) in [5, 5.41) is 15.8. The summed E-state index contributed by atoms with van der Waals surface area (Å²) in [4.78, 5) is 42.0. The number of carbonyl (C=O) groups excluding carboxylic acids is 3. The third-order valence-corrected chi connectivity index (χ3v) is 10.1. The molecular formula is C33H44BF3N6O5. The topological polar surface area (TPSA) is 186 Å². The van der Waals surface area contributed by atoms with E-state index < -0.39 is 48.4 Å². The quantitative estimate of drug-likeness (QED) is 0.183. The van der Waals surface area contributed by atoms with Crippen LogP contribution in [-0.2, 0) is 37.2 Å². The van der Waals surface area contributed by atoms with Gasteiger partial charge in [0.2, 0.25) is 17.7 Å². The van der Waals surface area contributed by atoms with Gasteiger partial charge in [-0.2, -0.15) is 13.2 Å². The van der Waals surface area contributed by atoms with E-state index >= 15 is 0 Å². The molecule has 15 heteroatoms. The van der Waals surface area contributed by atoms with Crippen LogP contribution >= 0.6 is 0 Å². The monoisotopic (exact) mass is 672 g/mol. The van der Waals surface area contributed by atoms with Gasteiger partial charge in [0.1, 0.15) is 6.04 Å². The highest BCUT2D eigenvalue weighted by atomic mass is 19.4. The smallest absolute Gasteiger partial charge is 0.423 e. The number of amides is 3. The van der Waals surface area contributed by atoms with E-state index in [1.807, 2.05) is 18.7 Å². The van der Waals surface area contributed by atoms with Gasteiger partial charge in [-0.3, -0.25) is 14.4 Å². The molecule has 3 amide bonds. The van der Waals surface area contributed by atoms with Crippen molar-refractivity contribution in [1.82, 2.24) is 10.2 Å². The van der Waals surface area contributed by atoms with E-state index in [9.17, 15) is 32.6 Å². The highest BCUT2D eigenvalue weighted by Gasteiger charge is 2.53. The van der Waals surface area contributed by atoms with Crippen molar-refractivity contribution in [3.63, 3.8) is 0 Å². The second-order valence-corrected chi connectivity index (χ2v) is 13.5. The van der Waals surface area contributed by atoms with Crippen molar-refractivity contribution in [2.75, 3.05) is 18.4 Å². The fourth-order valence-corrected chi connectivity index (χ4v) is 7.60. The van der Waals surface area contributed by atoms with Crippen LogP contribution in [0.15, 0.2) is 42.5 Å². The Hall–Kier alpha value is -3.50. The van der Waals surface area contributed by atoms with Crippen LogP contribution in [-0.4, -0.2) is 72.0 Å². The van der Waals surface area contributed by atoms with Gasteiger partial charge < -0.3 is 42.4 Å². The Balaban J connectivity index is 1.24. The second kappa shape index (κ2) is 14.2. The fourth-order valence-electron chi connectivity index (χ4n) is 7.60. The molecule has 11 nitrogen and oxygen atoms in total. The van der Waals surface area contributed by atoms with E-state index in [-0.39, 0.29) is 55.5 Å². The van der Waals surface area contributed by atoms with Gasteiger partial charge in [0.15, 0.2) is 0 Å². The fraction of sp³-hybridized carbons (Fsp3) is 0.545. The first-order chi connectivity index (χ1) is 22.6. The standard InChI is InChI=1S/C33H44BF3N6O5/c1-32(2)23-9-8-20(15-24(23)34(47)48-32)41-31(46)26(11-5-18-3-6-19(7-4-18)33(35,36)37)42-30(45)25(40)10-14-29(44)43-27-12-13-28(43)22(17-39)21(27)16-38/h3-4,6-9,15,21-22,25-28,47H,5,10-14,16-17,38-40H2,1-2H3,(H,41,46)(H,42,45)/t21-,22?,25-,26+,27?,28?/m0/s1. The summed E-state index contributed by atoms with van der Waals surface area (Å²) in [7, 11) is -1.18. The third-order valence-electron chi connectivity index (χ3n) is 10.1. The van der Waals surface area contributed by atoms with E-state index in [1.165, 1.54) is 12.1 Å². The highest BCUT2D eigenvalue weighted by Crippen LogP contribution is 2.45. The van der Waals surface area contributed by atoms with Crippen LogP contribution < -0.4 is 33.3 Å². The van der Waals surface area contributed by atoms with Crippen molar-refractivity contribution >= 4 is 36.0 Å². The number of hydrogen-bond acceptors (Lipinski definition) is 8. The van der Waals surface area contributed by atoms with Crippen LogP contribution in [0.25, 0.3) is 0 Å². The molecular weight excluding hydrogens is 628 g/mol. The molecule has 2 aromatic carbocycles. The SMILES string of the molecule is CC1(C)OB(O)c2cc(NC(=O)[C@@H](CCc3ccc(C(F)(F)F)cc3)NC(=O)[C@@H](N)CCC(=O)N3C4CCC3[C@@H](CN)C4CN)ccc21. The Bertz CT molecular complexity index is 1490. The number of nitrogens with two attached hydrogens (primary N) is 3. The molecule has 5 rings (SSSR count). The first-order valence-corrected chi connectivity index (χ1v) is 16.4. The summed E-state index contributed by atoms with van der Waals surface area (Å²) >= 11 is 0. The van der Waals surface area contributed by atoms with Crippen molar-refractivity contribution in [3.05, 3.63) is 59.2 Å². The number of rotatable bonds is 12. The Labute approximate surface area is 278 Å². The van der Waals surface area contributed by atoms with E-state index in [2.05, 4.69) is 10.6 Å². The maximum absolute atomic E-state index is 13.5. The summed E-state index contributed by atoms with van der Waals surface area (Å²) in [5.74, 6) is -1.04. The number of aryl methyl sites for hydroxylation is 1. The van der Waals surface area contributed by atoms with Crippen LogP contribution in [0.4, 0.5) is 18.9 Å². The molecule has 0 radical (unpaired) electrons.